The second kappa shape index (κ2) is 9.00. The predicted molar refractivity (Wildman–Crippen MR) is 20.4 cm³/mol. The van der Waals surface area contributed by atoms with Crippen molar-refractivity contribution in [3.8, 4) is 0 Å². The number of aliphatic hydroxyl groups is 1. The van der Waals surface area contributed by atoms with E-state index in [9.17, 15) is 0 Å². The molecule has 1 nitrogen and oxygen atoms in total. The van der Waals surface area contributed by atoms with Crippen LogP contribution in [-0.2, 0) is 0 Å². The summed E-state index contributed by atoms with van der Waals surface area (Å²) < 4.78 is 0. The Morgan fingerprint density at radius 1 is 1.80 bits per heavy atom. The Morgan fingerprint density at radius 2 is 2.00 bits per heavy atom. The van der Waals surface area contributed by atoms with Crippen molar-refractivity contribution < 1.29 is 34.7 Å². The van der Waals surface area contributed by atoms with Crippen LogP contribution in [0.15, 0.2) is 0 Å². The minimum atomic E-state index is 0. The van der Waals surface area contributed by atoms with Crippen LogP contribution in [0.1, 0.15) is 0 Å². The number of aliphatic hydroxyl groups excluding tert-OH is 1. The van der Waals surface area contributed by atoms with Gasteiger partial charge in [0, 0.05) is 0 Å². The molecule has 0 atom stereocenters. The molecule has 0 bridgehead atoms. The topological polar surface area (TPSA) is 20.2 Å². The van der Waals surface area contributed by atoms with Crippen molar-refractivity contribution in [1.29, 1.82) is 0 Å². The van der Waals surface area contributed by atoms with Crippen molar-refractivity contribution in [2.45, 2.75) is 0 Å². The average Bonchev–Trinajstić information content (AvgIpc) is 1.37. The summed E-state index contributed by atoms with van der Waals surface area (Å²) in [6, 6.07) is 0. The van der Waals surface area contributed by atoms with Gasteiger partial charge >= 0.3 is 29.6 Å². The predicted octanol–water partition coefficient (Wildman–Crippen LogP) is -2.93. The van der Waals surface area contributed by atoms with E-state index < -0.39 is 0 Å². The first-order valence-corrected chi connectivity index (χ1v) is 1.50. The van der Waals surface area contributed by atoms with Gasteiger partial charge in [0.2, 0.25) is 0 Å². The molecule has 0 unspecified atom stereocenters. The maximum absolute atomic E-state index is 7.74. The van der Waals surface area contributed by atoms with Gasteiger partial charge in [-0.05, 0) is 0 Å². The van der Waals surface area contributed by atoms with E-state index in [2.05, 4.69) is 12.6 Å². The fourth-order valence-corrected chi connectivity index (χ4v) is 0. The quantitative estimate of drug-likeness (QED) is 0.205. The third-order valence-electron chi connectivity index (χ3n) is 0.0816. The molecule has 0 rings (SSSR count). The Bertz CT molecular complexity index is 11.6. The molecule has 0 heterocycles. The van der Waals surface area contributed by atoms with Crippen LogP contribution in [0, 0.1) is 5.75 Å². The molecule has 3 heteroatoms. The molecule has 0 fully saturated rings. The smallest absolute Gasteiger partial charge is 0.428 e. The Labute approximate surface area is 59.5 Å². The SMILES string of the molecule is OC[CH-]S.[Na+]. The van der Waals surface area contributed by atoms with E-state index in [0.29, 0.717) is 0 Å². The Morgan fingerprint density at radius 3 is 2.00 bits per heavy atom. The zero-order valence-electron chi connectivity index (χ0n) is 3.18. The third-order valence-corrected chi connectivity index (χ3v) is 0.245. The van der Waals surface area contributed by atoms with Crippen molar-refractivity contribution in [2.24, 2.45) is 0 Å². The van der Waals surface area contributed by atoms with Crippen LogP contribution in [0.2, 0.25) is 0 Å². The molecule has 0 amide bonds. The van der Waals surface area contributed by atoms with Crippen LogP contribution < -0.4 is 29.6 Å². The van der Waals surface area contributed by atoms with Gasteiger partial charge in [-0.2, -0.15) is 0 Å². The molecule has 26 valence electrons. The van der Waals surface area contributed by atoms with Gasteiger partial charge in [-0.15, -0.1) is 0 Å². The van der Waals surface area contributed by atoms with Crippen LogP contribution >= 0.6 is 12.6 Å². The van der Waals surface area contributed by atoms with E-state index >= 15 is 0 Å². The molecule has 0 spiro atoms. The van der Waals surface area contributed by atoms with Gasteiger partial charge in [0.05, 0.1) is 0 Å². The fraction of sp³-hybridized carbons (Fsp3) is 0.500. The van der Waals surface area contributed by atoms with Crippen molar-refractivity contribution >= 4 is 12.6 Å². The van der Waals surface area contributed by atoms with E-state index in [0.717, 1.165) is 0 Å². The molecule has 1 N–H and O–H groups in total. The van der Waals surface area contributed by atoms with Crippen LogP contribution in [0.4, 0.5) is 0 Å². The molecule has 0 aromatic heterocycles. The van der Waals surface area contributed by atoms with Crippen LogP contribution in [0.3, 0.4) is 0 Å². The molecule has 0 aromatic rings. The zero-order chi connectivity index (χ0) is 3.41. The Kier molecular flexibility index (Phi) is 17.2. The summed E-state index contributed by atoms with van der Waals surface area (Å²) in [6.45, 7) is 0.0586. The van der Waals surface area contributed by atoms with E-state index in [4.69, 9.17) is 5.11 Å². The van der Waals surface area contributed by atoms with Gasteiger partial charge < -0.3 is 17.7 Å². The molecule has 0 saturated heterocycles. The minimum absolute atomic E-state index is 0. The summed E-state index contributed by atoms with van der Waals surface area (Å²) in [5.74, 6) is 1.38. The molecule has 0 aliphatic rings. The summed E-state index contributed by atoms with van der Waals surface area (Å²) in [5, 5.41) is 7.74. The summed E-state index contributed by atoms with van der Waals surface area (Å²) in [6.07, 6.45) is 0. The number of thiol groups is 1. The van der Waals surface area contributed by atoms with Gasteiger partial charge in [-0.1, -0.05) is 6.61 Å². The normalized spacial score (nSPS) is 6.00. The minimum Gasteiger partial charge on any atom is -0.428 e. The van der Waals surface area contributed by atoms with Gasteiger partial charge in [-0.3, -0.25) is 5.75 Å². The Hall–Kier alpha value is 1.31. The third kappa shape index (κ3) is 10.9. The van der Waals surface area contributed by atoms with E-state index in [1.807, 2.05) is 0 Å². The van der Waals surface area contributed by atoms with Crippen LogP contribution in [-0.4, -0.2) is 11.7 Å². The van der Waals surface area contributed by atoms with Crippen molar-refractivity contribution in [3.05, 3.63) is 5.75 Å². The van der Waals surface area contributed by atoms with Crippen LogP contribution in [0.25, 0.3) is 0 Å². The van der Waals surface area contributed by atoms with Crippen molar-refractivity contribution in [1.82, 2.24) is 0 Å². The van der Waals surface area contributed by atoms with Gasteiger partial charge in [0.15, 0.2) is 0 Å². The fourth-order valence-electron chi connectivity index (χ4n) is 0. The number of hydrogen-bond donors (Lipinski definition) is 2. The zero-order valence-corrected chi connectivity index (χ0v) is 6.07. The van der Waals surface area contributed by atoms with E-state index in [-0.39, 0.29) is 36.2 Å². The molecule has 5 heavy (non-hydrogen) atoms. The average molecular weight is 100 g/mol. The summed E-state index contributed by atoms with van der Waals surface area (Å²) in [5.41, 5.74) is 0. The molecular formula is C2H5NaOS. The largest absolute Gasteiger partial charge is 1.00 e. The molecule has 0 aromatic carbocycles. The summed E-state index contributed by atoms with van der Waals surface area (Å²) in [7, 11) is 0. The first-order chi connectivity index (χ1) is 1.91. The molecule has 0 radical (unpaired) electrons. The molecule has 0 aliphatic heterocycles. The van der Waals surface area contributed by atoms with Crippen molar-refractivity contribution in [3.63, 3.8) is 0 Å². The molecule has 0 aliphatic carbocycles. The Balaban J connectivity index is 0. The standard InChI is InChI=1S/C2H5OS.Na/c3-1-2-4;/h2-4H,1H2;/q-1;+1. The van der Waals surface area contributed by atoms with E-state index in [1.54, 1.807) is 0 Å². The van der Waals surface area contributed by atoms with Gasteiger partial charge in [-0.25, -0.2) is 0 Å². The summed E-state index contributed by atoms with van der Waals surface area (Å²) >= 11 is 3.55. The number of hydrogen-bond acceptors (Lipinski definition) is 2. The second-order valence-corrected chi connectivity index (χ2v) is 0.730. The maximum Gasteiger partial charge on any atom is 1.00 e. The van der Waals surface area contributed by atoms with Crippen molar-refractivity contribution in [2.75, 3.05) is 6.61 Å². The summed E-state index contributed by atoms with van der Waals surface area (Å²) in [4.78, 5) is 0. The molecular weight excluding hydrogens is 95.1 g/mol. The van der Waals surface area contributed by atoms with E-state index in [1.165, 1.54) is 5.75 Å². The number of rotatable bonds is 1. The van der Waals surface area contributed by atoms with Gasteiger partial charge in [0.1, 0.15) is 0 Å². The molecule has 0 saturated carbocycles. The first kappa shape index (κ1) is 9.58. The monoisotopic (exact) mass is 100.0 g/mol. The van der Waals surface area contributed by atoms with Crippen LogP contribution in [0.5, 0.6) is 0 Å². The second-order valence-electron chi connectivity index (χ2n) is 0.365. The maximum atomic E-state index is 7.74. The first-order valence-electron chi connectivity index (χ1n) is 0.983. The van der Waals surface area contributed by atoms with Gasteiger partial charge in [0.25, 0.3) is 0 Å².